The topological polar surface area (TPSA) is 76.1 Å². The lowest BCUT2D eigenvalue weighted by Gasteiger charge is -2.32. The van der Waals surface area contributed by atoms with Crippen LogP contribution in [-0.2, 0) is 9.53 Å². The van der Waals surface area contributed by atoms with Crippen molar-refractivity contribution in [2.75, 3.05) is 13.2 Å². The van der Waals surface area contributed by atoms with E-state index in [9.17, 15) is 19.1 Å². The van der Waals surface area contributed by atoms with Crippen molar-refractivity contribution in [1.82, 2.24) is 4.90 Å². The summed E-state index contributed by atoms with van der Waals surface area (Å²) in [5, 5.41) is 10.3. The van der Waals surface area contributed by atoms with Gasteiger partial charge in [0.1, 0.15) is 6.54 Å². The number of amides is 1. The Hall–Kier alpha value is -2.15. The number of benzene rings is 1. The molecule has 1 aliphatic rings. The van der Waals surface area contributed by atoms with Crippen molar-refractivity contribution < 1.29 is 28.6 Å². The molecule has 1 heterocycles. The van der Waals surface area contributed by atoms with Gasteiger partial charge in [0.15, 0.2) is 17.8 Å². The second kappa shape index (κ2) is 6.31. The highest BCUT2D eigenvalue weighted by molar-refractivity contribution is 5.81. The number of fused-ring (bicyclic) bond motifs is 1. The van der Waals surface area contributed by atoms with E-state index in [1.54, 1.807) is 13.0 Å². The van der Waals surface area contributed by atoms with Gasteiger partial charge in [-0.2, -0.15) is 0 Å². The molecule has 0 aromatic heterocycles. The molecule has 0 saturated heterocycles. The van der Waals surface area contributed by atoms with E-state index in [1.807, 2.05) is 13.8 Å². The number of ether oxygens (including phenoxy) is 2. The Kier molecular flexibility index (Phi) is 4.65. The van der Waals surface area contributed by atoms with Gasteiger partial charge in [-0.1, -0.05) is 13.8 Å². The van der Waals surface area contributed by atoms with Crippen LogP contribution in [0, 0.1) is 5.82 Å². The summed E-state index contributed by atoms with van der Waals surface area (Å²) >= 11 is 0. The van der Waals surface area contributed by atoms with Gasteiger partial charge in [0, 0.05) is 5.56 Å². The molecule has 1 unspecified atom stereocenters. The quantitative estimate of drug-likeness (QED) is 0.864. The van der Waals surface area contributed by atoms with Gasteiger partial charge in [-0.15, -0.1) is 0 Å². The Balaban J connectivity index is 2.35. The number of nitrogens with zero attached hydrogens (tertiary/aromatic N) is 1. The lowest BCUT2D eigenvalue weighted by atomic mass is 9.98. The molecule has 7 heteroatoms. The minimum Gasteiger partial charge on any atom is -0.465 e. The fourth-order valence-corrected chi connectivity index (χ4v) is 2.18. The maximum Gasteiger partial charge on any atom is 0.418 e. The number of hydrogen-bond acceptors (Lipinski definition) is 5. The highest BCUT2D eigenvalue weighted by Gasteiger charge is 2.36. The Bertz CT molecular complexity index is 602. The minimum absolute atomic E-state index is 0.0307. The van der Waals surface area contributed by atoms with E-state index in [-0.39, 0.29) is 23.8 Å². The summed E-state index contributed by atoms with van der Waals surface area (Å²) in [4.78, 5) is 24.1. The van der Waals surface area contributed by atoms with Crippen molar-refractivity contribution in [3.8, 4) is 5.75 Å². The highest BCUT2D eigenvalue weighted by atomic mass is 19.1. The summed E-state index contributed by atoms with van der Waals surface area (Å²) in [5.74, 6) is -1.67. The maximum absolute atomic E-state index is 14.1. The first-order chi connectivity index (χ1) is 10.3. The lowest BCUT2D eigenvalue weighted by Crippen LogP contribution is -2.44. The van der Waals surface area contributed by atoms with E-state index in [1.165, 1.54) is 6.07 Å². The van der Waals surface area contributed by atoms with E-state index in [0.29, 0.717) is 5.56 Å². The fourth-order valence-electron chi connectivity index (χ4n) is 2.18. The lowest BCUT2D eigenvalue weighted by molar-refractivity contribution is -0.146. The van der Waals surface area contributed by atoms with Gasteiger partial charge >= 0.3 is 12.1 Å². The van der Waals surface area contributed by atoms with Gasteiger partial charge < -0.3 is 14.6 Å². The number of rotatable bonds is 4. The molecule has 0 radical (unpaired) electrons. The van der Waals surface area contributed by atoms with Crippen molar-refractivity contribution >= 4 is 12.1 Å². The van der Waals surface area contributed by atoms with E-state index < -0.39 is 30.7 Å². The molecule has 1 aromatic rings. The predicted molar refractivity (Wildman–Crippen MR) is 74.8 cm³/mol. The summed E-state index contributed by atoms with van der Waals surface area (Å²) in [5.41, 5.74) is 0.775. The van der Waals surface area contributed by atoms with Crippen LogP contribution in [0.5, 0.6) is 5.75 Å². The summed E-state index contributed by atoms with van der Waals surface area (Å²) in [6.07, 6.45) is -2.46. The molecule has 0 aliphatic carbocycles. The number of carbonyl (C=O) groups excluding carboxylic acids is 2. The molecule has 22 heavy (non-hydrogen) atoms. The average molecular weight is 311 g/mol. The third kappa shape index (κ3) is 3.04. The monoisotopic (exact) mass is 311 g/mol. The second-order valence-electron chi connectivity index (χ2n) is 5.25. The summed E-state index contributed by atoms with van der Waals surface area (Å²) in [7, 11) is 0. The average Bonchev–Trinajstić information content (AvgIpc) is 2.44. The van der Waals surface area contributed by atoms with Crippen molar-refractivity contribution in [2.45, 2.75) is 32.9 Å². The highest BCUT2D eigenvalue weighted by Crippen LogP contribution is 2.37. The van der Waals surface area contributed by atoms with Gasteiger partial charge in [0.2, 0.25) is 0 Å². The molecule has 120 valence electrons. The van der Waals surface area contributed by atoms with Gasteiger partial charge in [-0.25, -0.2) is 9.18 Å². The smallest absolute Gasteiger partial charge is 0.418 e. The van der Waals surface area contributed by atoms with Crippen LogP contribution in [0.25, 0.3) is 0 Å². The molecule has 1 atom stereocenters. The van der Waals surface area contributed by atoms with Crippen LogP contribution in [-0.4, -0.2) is 35.2 Å². The largest absolute Gasteiger partial charge is 0.465 e. The van der Waals surface area contributed by atoms with Crippen molar-refractivity contribution in [3.05, 3.63) is 29.1 Å². The number of esters is 1. The normalized spacial score (nSPS) is 17.3. The molecule has 1 amide bonds. The second-order valence-corrected chi connectivity index (χ2v) is 5.25. The van der Waals surface area contributed by atoms with Gasteiger partial charge in [0.05, 0.1) is 6.61 Å². The zero-order chi connectivity index (χ0) is 16.4. The Labute approximate surface area is 127 Å². The van der Waals surface area contributed by atoms with Gasteiger partial charge in [0.25, 0.3) is 0 Å². The molecule has 0 bridgehead atoms. The maximum atomic E-state index is 14.1. The summed E-state index contributed by atoms with van der Waals surface area (Å²) in [6, 6.07) is 2.84. The van der Waals surface area contributed by atoms with E-state index in [2.05, 4.69) is 0 Å². The van der Waals surface area contributed by atoms with Crippen molar-refractivity contribution in [3.63, 3.8) is 0 Å². The third-order valence-electron chi connectivity index (χ3n) is 3.36. The Morgan fingerprint density at radius 1 is 1.50 bits per heavy atom. The van der Waals surface area contributed by atoms with Crippen LogP contribution in [0.1, 0.15) is 44.0 Å². The van der Waals surface area contributed by atoms with Gasteiger partial charge in [-0.3, -0.25) is 9.69 Å². The number of hydrogen-bond donors (Lipinski definition) is 1. The molecule has 0 saturated carbocycles. The zero-order valence-corrected chi connectivity index (χ0v) is 12.6. The SMILES string of the molecule is CCOC(=O)CN1C(=O)Oc2c(F)cc(C(C)C)cc2C1O. The number of aliphatic hydroxyl groups excluding tert-OH is 1. The molecule has 0 spiro atoms. The van der Waals surface area contributed by atoms with Crippen molar-refractivity contribution in [2.24, 2.45) is 0 Å². The van der Waals surface area contributed by atoms with Crippen LogP contribution >= 0.6 is 0 Å². The molecular weight excluding hydrogens is 293 g/mol. The third-order valence-corrected chi connectivity index (χ3v) is 3.36. The first kappa shape index (κ1) is 16.2. The fraction of sp³-hybridized carbons (Fsp3) is 0.467. The first-order valence-corrected chi connectivity index (χ1v) is 7.00. The summed E-state index contributed by atoms with van der Waals surface area (Å²) < 4.78 is 23.7. The van der Waals surface area contributed by atoms with Crippen LogP contribution in [0.3, 0.4) is 0 Å². The minimum atomic E-state index is -1.46. The van der Waals surface area contributed by atoms with Crippen LogP contribution in [0.4, 0.5) is 9.18 Å². The van der Waals surface area contributed by atoms with Crippen LogP contribution in [0.2, 0.25) is 0 Å². The van der Waals surface area contributed by atoms with E-state index in [4.69, 9.17) is 9.47 Å². The molecule has 1 N–H and O–H groups in total. The van der Waals surface area contributed by atoms with Crippen molar-refractivity contribution in [1.29, 1.82) is 0 Å². The molecule has 0 fully saturated rings. The Morgan fingerprint density at radius 3 is 2.77 bits per heavy atom. The van der Waals surface area contributed by atoms with Crippen LogP contribution < -0.4 is 4.74 Å². The zero-order valence-electron chi connectivity index (χ0n) is 12.6. The predicted octanol–water partition coefficient (Wildman–Crippen LogP) is 2.32. The Morgan fingerprint density at radius 2 is 2.18 bits per heavy atom. The molecule has 2 rings (SSSR count). The number of halogens is 1. The number of aliphatic hydroxyl groups is 1. The molecule has 1 aliphatic heterocycles. The standard InChI is InChI=1S/C15H18FNO5/c1-4-21-12(18)7-17-14(19)10-5-9(8(2)3)6-11(16)13(10)22-15(17)20/h5-6,8,14,19H,4,7H2,1-3H3. The first-order valence-electron chi connectivity index (χ1n) is 7.00. The summed E-state index contributed by atoms with van der Waals surface area (Å²) in [6.45, 7) is 5.06. The number of carbonyl (C=O) groups is 2. The molecular formula is C15H18FNO5. The molecule has 6 nitrogen and oxygen atoms in total. The van der Waals surface area contributed by atoms with E-state index >= 15 is 0 Å². The van der Waals surface area contributed by atoms with Gasteiger partial charge in [-0.05, 0) is 30.5 Å². The van der Waals surface area contributed by atoms with Crippen LogP contribution in [0.15, 0.2) is 12.1 Å². The van der Waals surface area contributed by atoms with E-state index in [0.717, 1.165) is 4.90 Å². The molecule has 1 aromatic carbocycles.